The molecular weight excluding hydrogens is 382 g/mol. The molecule has 23 heavy (non-hydrogen) atoms. The zero-order valence-corrected chi connectivity index (χ0v) is 17.4. The summed E-state index contributed by atoms with van der Waals surface area (Å²) in [5, 5.41) is 3.59. The normalized spacial score (nSPS) is 13.3. The Morgan fingerprint density at radius 2 is 1.61 bits per heavy atom. The summed E-state index contributed by atoms with van der Waals surface area (Å²) < 4.78 is 10.6. The van der Waals surface area contributed by atoms with Crippen LogP contribution in [-0.4, -0.2) is 46.1 Å². The summed E-state index contributed by atoms with van der Waals surface area (Å²) in [6.45, 7) is 10.8. The van der Waals surface area contributed by atoms with Crippen LogP contribution in [-0.2, 0) is 14.3 Å². The van der Waals surface area contributed by atoms with Crippen LogP contribution in [0.25, 0.3) is 0 Å². The molecule has 0 saturated carbocycles. The van der Waals surface area contributed by atoms with Gasteiger partial charge in [0.25, 0.3) is 0 Å². The number of nitrogens with one attached hydrogen (secondary N) is 1. The molecule has 0 aliphatic carbocycles. The number of alkyl halides is 1. The number of alkyl carbamates (subject to hydrolysis) is 1. The van der Waals surface area contributed by atoms with Crippen molar-refractivity contribution in [1.29, 1.82) is 0 Å². The SMILES string of the molecule is CC(C)(C)OC(=O)N[C@@H](CCSCCCBr)C(=O)OC(C)(C)C. The maximum Gasteiger partial charge on any atom is 0.408 e. The van der Waals surface area contributed by atoms with Gasteiger partial charge < -0.3 is 14.8 Å². The summed E-state index contributed by atoms with van der Waals surface area (Å²) in [4.78, 5) is 24.2. The predicted molar refractivity (Wildman–Crippen MR) is 99.4 cm³/mol. The van der Waals surface area contributed by atoms with Gasteiger partial charge >= 0.3 is 12.1 Å². The summed E-state index contributed by atoms with van der Waals surface area (Å²) >= 11 is 5.14. The summed E-state index contributed by atoms with van der Waals surface area (Å²) in [6, 6.07) is -0.694. The highest BCUT2D eigenvalue weighted by atomic mass is 79.9. The fourth-order valence-electron chi connectivity index (χ4n) is 1.53. The van der Waals surface area contributed by atoms with Crippen LogP contribution in [0.3, 0.4) is 0 Å². The van der Waals surface area contributed by atoms with E-state index in [1.165, 1.54) is 0 Å². The first-order valence-corrected chi connectivity index (χ1v) is 10.1. The van der Waals surface area contributed by atoms with Gasteiger partial charge in [0.2, 0.25) is 0 Å². The van der Waals surface area contributed by atoms with E-state index in [2.05, 4.69) is 21.2 Å². The Hall–Kier alpha value is -0.430. The van der Waals surface area contributed by atoms with E-state index in [0.717, 1.165) is 23.3 Å². The van der Waals surface area contributed by atoms with Crippen LogP contribution in [0, 0.1) is 0 Å². The van der Waals surface area contributed by atoms with Gasteiger partial charge in [-0.2, -0.15) is 11.8 Å². The second kappa shape index (κ2) is 10.4. The van der Waals surface area contributed by atoms with Crippen LogP contribution in [0.1, 0.15) is 54.4 Å². The number of halogens is 1. The third kappa shape index (κ3) is 13.7. The van der Waals surface area contributed by atoms with Gasteiger partial charge in [-0.1, -0.05) is 15.9 Å². The second-order valence-electron chi connectivity index (χ2n) is 7.18. The summed E-state index contributed by atoms with van der Waals surface area (Å²) in [5.74, 6) is 1.36. The fraction of sp³-hybridized carbons (Fsp3) is 0.875. The van der Waals surface area contributed by atoms with Crippen molar-refractivity contribution in [3.63, 3.8) is 0 Å². The summed E-state index contributed by atoms with van der Waals surface area (Å²) in [7, 11) is 0. The van der Waals surface area contributed by atoms with E-state index in [1.54, 1.807) is 53.3 Å². The molecule has 0 heterocycles. The minimum atomic E-state index is -0.694. The van der Waals surface area contributed by atoms with Gasteiger partial charge in [0.05, 0.1) is 0 Å². The molecule has 0 rings (SSSR count). The molecule has 0 unspecified atom stereocenters. The predicted octanol–water partition coefficient (Wildman–Crippen LogP) is 4.13. The number of esters is 1. The Morgan fingerprint density at radius 1 is 1.04 bits per heavy atom. The molecule has 0 saturated heterocycles. The number of carbonyl (C=O) groups excluding carboxylic acids is 2. The van der Waals surface area contributed by atoms with Crippen LogP contribution in [0.4, 0.5) is 4.79 Å². The lowest BCUT2D eigenvalue weighted by molar-refractivity contribution is -0.157. The molecule has 0 aliphatic heterocycles. The first-order chi connectivity index (χ1) is 10.4. The van der Waals surface area contributed by atoms with E-state index in [0.29, 0.717) is 6.42 Å². The van der Waals surface area contributed by atoms with Crippen molar-refractivity contribution in [2.24, 2.45) is 0 Å². The summed E-state index contributed by atoms with van der Waals surface area (Å²) in [6.07, 6.45) is 0.987. The van der Waals surface area contributed by atoms with Crippen molar-refractivity contribution in [3.05, 3.63) is 0 Å². The van der Waals surface area contributed by atoms with Gasteiger partial charge in [-0.25, -0.2) is 9.59 Å². The lowest BCUT2D eigenvalue weighted by Gasteiger charge is -2.26. The molecule has 0 spiro atoms. The van der Waals surface area contributed by atoms with Crippen molar-refractivity contribution >= 4 is 39.8 Å². The monoisotopic (exact) mass is 411 g/mol. The van der Waals surface area contributed by atoms with Crippen molar-refractivity contribution in [3.8, 4) is 0 Å². The Balaban J connectivity index is 4.60. The molecule has 0 bridgehead atoms. The Labute approximate surface area is 152 Å². The molecule has 1 atom stereocenters. The largest absolute Gasteiger partial charge is 0.458 e. The van der Waals surface area contributed by atoms with Gasteiger partial charge in [-0.05, 0) is 65.9 Å². The van der Waals surface area contributed by atoms with Gasteiger partial charge in [-0.15, -0.1) is 0 Å². The van der Waals surface area contributed by atoms with Crippen LogP contribution in [0.15, 0.2) is 0 Å². The Kier molecular flexibility index (Phi) is 10.2. The molecule has 0 radical (unpaired) electrons. The number of amides is 1. The van der Waals surface area contributed by atoms with Crippen LogP contribution >= 0.6 is 27.7 Å². The lowest BCUT2D eigenvalue weighted by Crippen LogP contribution is -2.46. The molecular formula is C16H30BrNO4S. The number of hydrogen-bond donors (Lipinski definition) is 1. The van der Waals surface area contributed by atoms with Gasteiger partial charge in [0.1, 0.15) is 17.2 Å². The van der Waals surface area contributed by atoms with Crippen molar-refractivity contribution < 1.29 is 19.1 Å². The van der Waals surface area contributed by atoms with Gasteiger partial charge in [0.15, 0.2) is 0 Å². The Bertz CT molecular complexity index is 377. The maximum absolute atomic E-state index is 12.3. The average molecular weight is 412 g/mol. The average Bonchev–Trinajstić information content (AvgIpc) is 2.32. The number of ether oxygens (including phenoxy) is 2. The molecule has 0 aromatic carbocycles. The molecule has 0 aromatic rings. The highest BCUT2D eigenvalue weighted by Crippen LogP contribution is 2.14. The minimum Gasteiger partial charge on any atom is -0.458 e. The molecule has 1 amide bonds. The topological polar surface area (TPSA) is 64.6 Å². The van der Waals surface area contributed by atoms with Crippen LogP contribution in [0.2, 0.25) is 0 Å². The smallest absolute Gasteiger partial charge is 0.408 e. The molecule has 0 fully saturated rings. The van der Waals surface area contributed by atoms with Crippen molar-refractivity contribution in [2.75, 3.05) is 16.8 Å². The zero-order chi connectivity index (χ0) is 18.1. The number of rotatable bonds is 8. The fourth-order valence-corrected chi connectivity index (χ4v) is 3.14. The first kappa shape index (κ1) is 22.6. The van der Waals surface area contributed by atoms with E-state index in [-0.39, 0.29) is 0 Å². The van der Waals surface area contributed by atoms with Crippen molar-refractivity contribution in [2.45, 2.75) is 71.6 Å². The molecule has 7 heteroatoms. The number of thioether (sulfide) groups is 1. The Morgan fingerprint density at radius 3 is 2.09 bits per heavy atom. The highest BCUT2D eigenvalue weighted by molar-refractivity contribution is 9.09. The molecule has 0 aromatic heterocycles. The van der Waals surface area contributed by atoms with Crippen LogP contribution < -0.4 is 5.32 Å². The number of carbonyl (C=O) groups is 2. The molecule has 5 nitrogen and oxygen atoms in total. The zero-order valence-electron chi connectivity index (χ0n) is 15.0. The van der Waals surface area contributed by atoms with Crippen LogP contribution in [0.5, 0.6) is 0 Å². The van der Waals surface area contributed by atoms with Gasteiger partial charge in [-0.3, -0.25) is 0 Å². The van der Waals surface area contributed by atoms with E-state index in [4.69, 9.17) is 9.47 Å². The third-order valence-corrected chi connectivity index (χ3v) is 4.02. The van der Waals surface area contributed by atoms with Gasteiger partial charge in [0, 0.05) is 5.33 Å². The quantitative estimate of drug-likeness (QED) is 0.369. The second-order valence-corrected chi connectivity index (χ2v) is 9.19. The third-order valence-electron chi connectivity index (χ3n) is 2.36. The summed E-state index contributed by atoms with van der Waals surface area (Å²) in [5.41, 5.74) is -1.19. The maximum atomic E-state index is 12.3. The molecule has 0 aliphatic rings. The minimum absolute atomic E-state index is 0.426. The highest BCUT2D eigenvalue weighted by Gasteiger charge is 2.28. The molecule has 1 N–H and O–H groups in total. The standard InChI is InChI=1S/C16H30BrNO4S/c1-15(2,3)21-13(19)12(8-11-23-10-7-9-17)18-14(20)22-16(4,5)6/h12H,7-11H2,1-6H3,(H,18,20)/t12-/m0/s1. The van der Waals surface area contributed by atoms with E-state index < -0.39 is 29.3 Å². The van der Waals surface area contributed by atoms with E-state index in [1.807, 2.05) is 0 Å². The van der Waals surface area contributed by atoms with E-state index >= 15 is 0 Å². The molecule has 136 valence electrons. The lowest BCUT2D eigenvalue weighted by atomic mass is 10.1. The van der Waals surface area contributed by atoms with Crippen molar-refractivity contribution in [1.82, 2.24) is 5.32 Å². The van der Waals surface area contributed by atoms with E-state index in [9.17, 15) is 9.59 Å². The first-order valence-electron chi connectivity index (χ1n) is 7.80. The number of hydrogen-bond acceptors (Lipinski definition) is 5.